The van der Waals surface area contributed by atoms with Gasteiger partial charge in [0.1, 0.15) is 5.75 Å². The molecule has 158 valence electrons. The van der Waals surface area contributed by atoms with Crippen LogP contribution in [0.4, 0.5) is 4.79 Å². The first-order valence-corrected chi connectivity index (χ1v) is 10.6. The quantitative estimate of drug-likeness (QED) is 0.592. The number of benzene rings is 1. The maximum atomic E-state index is 12.4. The molecule has 0 aromatic heterocycles. The fourth-order valence-corrected chi connectivity index (χ4v) is 3.66. The molecule has 0 heterocycles. The minimum absolute atomic E-state index is 0.180. The molecular weight excluding hydrogens is 380 g/mol. The molecule has 6 nitrogen and oxygen atoms in total. The molecule has 1 aromatic rings. The summed E-state index contributed by atoms with van der Waals surface area (Å²) in [5, 5.41) is 9.63. The number of rotatable bonds is 10. The summed E-state index contributed by atoms with van der Waals surface area (Å²) in [6.45, 7) is 5.67. The van der Waals surface area contributed by atoms with Gasteiger partial charge in [0.05, 0.1) is 12.7 Å². The number of nitrogens with zero attached hydrogens (tertiary/aromatic N) is 2. The lowest BCUT2D eigenvalue weighted by Gasteiger charge is -2.34. The number of halogens is 1. The highest BCUT2D eigenvalue weighted by atomic mass is 35.5. The lowest BCUT2D eigenvalue weighted by molar-refractivity contribution is 0.00815. The van der Waals surface area contributed by atoms with Crippen LogP contribution in [0.1, 0.15) is 39.0 Å². The Morgan fingerprint density at radius 3 is 2.46 bits per heavy atom. The van der Waals surface area contributed by atoms with Crippen LogP contribution in [0.2, 0.25) is 5.02 Å². The molecule has 1 saturated carbocycles. The summed E-state index contributed by atoms with van der Waals surface area (Å²) >= 11 is 5.85. The fourth-order valence-electron chi connectivity index (χ4n) is 3.53. The third-order valence-electron chi connectivity index (χ3n) is 5.33. The van der Waals surface area contributed by atoms with Gasteiger partial charge in [-0.25, -0.2) is 4.79 Å². The SMILES string of the molecule is CCN(CCO)CCCO[C@H]1CC[C@H](N(C)C(=O)Oc2ccc(Cl)cc2)CC1. The predicted octanol–water partition coefficient (Wildman–Crippen LogP) is 3.80. The average molecular weight is 413 g/mol. The van der Waals surface area contributed by atoms with Crippen molar-refractivity contribution in [3.05, 3.63) is 29.3 Å². The number of ether oxygens (including phenoxy) is 2. The van der Waals surface area contributed by atoms with Gasteiger partial charge in [-0.1, -0.05) is 18.5 Å². The van der Waals surface area contributed by atoms with Gasteiger partial charge < -0.3 is 24.4 Å². The van der Waals surface area contributed by atoms with Crippen LogP contribution in [-0.4, -0.2) is 73.0 Å². The van der Waals surface area contributed by atoms with Gasteiger partial charge in [-0.3, -0.25) is 0 Å². The van der Waals surface area contributed by atoms with Crippen molar-refractivity contribution in [2.75, 3.05) is 39.9 Å². The zero-order valence-electron chi connectivity index (χ0n) is 17.0. The number of carbonyl (C=O) groups is 1. The van der Waals surface area contributed by atoms with Crippen molar-refractivity contribution in [2.45, 2.75) is 51.2 Å². The third kappa shape index (κ3) is 7.59. The van der Waals surface area contributed by atoms with E-state index in [9.17, 15) is 4.79 Å². The van der Waals surface area contributed by atoms with Crippen molar-refractivity contribution in [3.8, 4) is 5.75 Å². The van der Waals surface area contributed by atoms with Crippen molar-refractivity contribution in [1.82, 2.24) is 9.80 Å². The van der Waals surface area contributed by atoms with Gasteiger partial charge in [0.15, 0.2) is 0 Å². The number of hydrogen-bond donors (Lipinski definition) is 1. The number of hydrogen-bond acceptors (Lipinski definition) is 5. The first kappa shape index (κ1) is 22.9. The van der Waals surface area contributed by atoms with Crippen LogP contribution < -0.4 is 4.74 Å². The van der Waals surface area contributed by atoms with Gasteiger partial charge in [-0.15, -0.1) is 0 Å². The van der Waals surface area contributed by atoms with Crippen LogP contribution in [0, 0.1) is 0 Å². The van der Waals surface area contributed by atoms with Crippen LogP contribution >= 0.6 is 11.6 Å². The molecule has 28 heavy (non-hydrogen) atoms. The largest absolute Gasteiger partial charge is 0.415 e. The van der Waals surface area contributed by atoms with Crippen molar-refractivity contribution in [1.29, 1.82) is 0 Å². The van der Waals surface area contributed by atoms with Gasteiger partial charge in [0, 0.05) is 37.8 Å². The fraction of sp³-hybridized carbons (Fsp3) is 0.667. The minimum atomic E-state index is -0.338. The highest BCUT2D eigenvalue weighted by molar-refractivity contribution is 6.30. The van der Waals surface area contributed by atoms with Crippen LogP contribution in [0.15, 0.2) is 24.3 Å². The van der Waals surface area contributed by atoms with Gasteiger partial charge in [-0.05, 0) is 62.9 Å². The van der Waals surface area contributed by atoms with Crippen molar-refractivity contribution >= 4 is 17.7 Å². The lowest BCUT2D eigenvalue weighted by atomic mass is 9.92. The molecule has 1 fully saturated rings. The van der Waals surface area contributed by atoms with E-state index in [2.05, 4.69) is 11.8 Å². The van der Waals surface area contributed by atoms with E-state index in [1.54, 1.807) is 36.2 Å². The summed E-state index contributed by atoms with van der Waals surface area (Å²) in [5.41, 5.74) is 0. The second kappa shape index (κ2) is 12.3. The molecule has 1 N–H and O–H groups in total. The summed E-state index contributed by atoms with van der Waals surface area (Å²) in [6.07, 6.45) is 4.65. The van der Waals surface area contributed by atoms with Crippen LogP contribution in [-0.2, 0) is 4.74 Å². The minimum Gasteiger partial charge on any atom is -0.410 e. The zero-order valence-corrected chi connectivity index (χ0v) is 17.7. The Morgan fingerprint density at radius 1 is 1.18 bits per heavy atom. The number of likely N-dealkylation sites (N-methyl/N-ethyl adjacent to an activating group) is 1. The normalized spacial score (nSPS) is 19.6. The van der Waals surface area contributed by atoms with Crippen LogP contribution in [0.3, 0.4) is 0 Å². The number of carbonyl (C=O) groups excluding carboxylic acids is 1. The monoisotopic (exact) mass is 412 g/mol. The second-order valence-electron chi connectivity index (χ2n) is 7.25. The first-order valence-electron chi connectivity index (χ1n) is 10.2. The van der Waals surface area contributed by atoms with Crippen LogP contribution in [0.25, 0.3) is 0 Å². The molecule has 0 unspecified atom stereocenters. The molecule has 0 radical (unpaired) electrons. The number of aliphatic hydroxyl groups is 1. The maximum absolute atomic E-state index is 12.4. The Labute approximate surface area is 173 Å². The van der Waals surface area contributed by atoms with Gasteiger partial charge in [0.2, 0.25) is 0 Å². The zero-order chi connectivity index (χ0) is 20.4. The van der Waals surface area contributed by atoms with E-state index in [-0.39, 0.29) is 24.8 Å². The molecule has 1 aliphatic carbocycles. The van der Waals surface area contributed by atoms with Crippen LogP contribution in [0.5, 0.6) is 5.75 Å². The molecule has 0 bridgehead atoms. The Balaban J connectivity index is 1.65. The molecule has 0 saturated heterocycles. The smallest absolute Gasteiger partial charge is 0.410 e. The molecule has 7 heteroatoms. The van der Waals surface area contributed by atoms with Crippen molar-refractivity contribution in [3.63, 3.8) is 0 Å². The third-order valence-corrected chi connectivity index (χ3v) is 5.59. The van der Waals surface area contributed by atoms with E-state index in [0.717, 1.165) is 58.3 Å². The topological polar surface area (TPSA) is 62.2 Å². The molecule has 1 aromatic carbocycles. The molecule has 1 aliphatic rings. The summed E-state index contributed by atoms with van der Waals surface area (Å²) in [4.78, 5) is 16.3. The summed E-state index contributed by atoms with van der Waals surface area (Å²) in [5.74, 6) is 0.501. The van der Waals surface area contributed by atoms with E-state index in [1.807, 2.05) is 0 Å². The molecule has 0 aliphatic heterocycles. The highest BCUT2D eigenvalue weighted by Gasteiger charge is 2.27. The molecule has 2 rings (SSSR count). The van der Waals surface area contributed by atoms with Crippen molar-refractivity contribution in [2.24, 2.45) is 0 Å². The number of amides is 1. The summed E-state index contributed by atoms with van der Waals surface area (Å²) in [6, 6.07) is 6.98. The molecular formula is C21H33ClN2O4. The standard InChI is InChI=1S/C21H33ClN2O4/c1-3-24(14-15-25)13-4-16-27-19-11-7-18(8-12-19)23(2)21(26)28-20-9-5-17(22)6-10-20/h5-6,9-10,18-19,25H,3-4,7-8,11-16H2,1-2H3/t18-,19-. The van der Waals surface area contributed by atoms with Gasteiger partial charge >= 0.3 is 6.09 Å². The maximum Gasteiger partial charge on any atom is 0.415 e. The second-order valence-corrected chi connectivity index (χ2v) is 7.68. The van der Waals surface area contributed by atoms with E-state index >= 15 is 0 Å². The summed E-state index contributed by atoms with van der Waals surface area (Å²) in [7, 11) is 1.80. The van der Waals surface area contributed by atoms with Gasteiger partial charge in [0.25, 0.3) is 0 Å². The number of aliphatic hydroxyl groups excluding tert-OH is 1. The summed E-state index contributed by atoms with van der Waals surface area (Å²) < 4.78 is 11.4. The Morgan fingerprint density at radius 2 is 1.86 bits per heavy atom. The molecule has 0 atom stereocenters. The Kier molecular flexibility index (Phi) is 10.1. The van der Waals surface area contributed by atoms with E-state index in [0.29, 0.717) is 10.8 Å². The molecule has 1 amide bonds. The van der Waals surface area contributed by atoms with Crippen molar-refractivity contribution < 1.29 is 19.4 Å². The van der Waals surface area contributed by atoms with Gasteiger partial charge in [-0.2, -0.15) is 0 Å². The predicted molar refractivity (Wildman–Crippen MR) is 111 cm³/mol. The Bertz CT molecular complexity index is 576. The lowest BCUT2D eigenvalue weighted by Crippen LogP contribution is -2.42. The van der Waals surface area contributed by atoms with E-state index < -0.39 is 0 Å². The Hall–Kier alpha value is -1.34. The average Bonchev–Trinajstić information content (AvgIpc) is 2.71. The highest BCUT2D eigenvalue weighted by Crippen LogP contribution is 2.25. The first-order chi connectivity index (χ1) is 13.5. The van der Waals surface area contributed by atoms with E-state index in [4.69, 9.17) is 26.2 Å². The van der Waals surface area contributed by atoms with E-state index in [1.165, 1.54) is 0 Å². The molecule has 0 spiro atoms.